The summed E-state index contributed by atoms with van der Waals surface area (Å²) in [5.41, 5.74) is 0. The third-order valence-electron chi connectivity index (χ3n) is 1.99. The highest BCUT2D eigenvalue weighted by molar-refractivity contribution is 7.16. The van der Waals surface area contributed by atoms with Gasteiger partial charge in [0.05, 0.1) is 10.9 Å². The molecule has 0 atom stereocenters. The number of nitrogens with one attached hydrogen (secondary N) is 2. The summed E-state index contributed by atoms with van der Waals surface area (Å²) in [5.74, 6) is 0.902. The highest BCUT2D eigenvalue weighted by Gasteiger charge is 2.04. The van der Waals surface area contributed by atoms with Crippen molar-refractivity contribution in [1.29, 1.82) is 0 Å². The summed E-state index contributed by atoms with van der Waals surface area (Å²) in [5, 5.41) is 6.22. The molecule has 0 saturated carbocycles. The van der Waals surface area contributed by atoms with Gasteiger partial charge in [-0.1, -0.05) is 11.6 Å². The van der Waals surface area contributed by atoms with Gasteiger partial charge in [-0.25, -0.2) is 0 Å². The van der Waals surface area contributed by atoms with E-state index in [4.69, 9.17) is 23.2 Å². The van der Waals surface area contributed by atoms with Crippen LogP contribution in [0.15, 0.2) is 12.1 Å². The monoisotopic (exact) mass is 303 g/mol. The van der Waals surface area contributed by atoms with E-state index in [-0.39, 0.29) is 5.28 Å². The molecular weight excluding hydrogens is 293 g/mol. The second-order valence-corrected chi connectivity index (χ2v) is 5.48. The van der Waals surface area contributed by atoms with Crippen LogP contribution in [0.4, 0.5) is 11.9 Å². The largest absolute Gasteiger partial charge is 0.354 e. The molecule has 2 rings (SSSR count). The van der Waals surface area contributed by atoms with Crippen LogP contribution in [-0.4, -0.2) is 21.5 Å². The van der Waals surface area contributed by atoms with Crippen LogP contribution >= 0.6 is 34.5 Å². The van der Waals surface area contributed by atoms with E-state index in [0.29, 0.717) is 18.4 Å². The van der Waals surface area contributed by atoms with Crippen LogP contribution in [0.3, 0.4) is 0 Å². The van der Waals surface area contributed by atoms with E-state index in [2.05, 4.69) is 25.6 Å². The van der Waals surface area contributed by atoms with Crippen molar-refractivity contribution in [1.82, 2.24) is 15.0 Å². The van der Waals surface area contributed by atoms with Crippen LogP contribution in [0, 0.1) is 0 Å². The minimum absolute atomic E-state index is 0.160. The first-order chi connectivity index (χ1) is 8.67. The molecule has 2 aromatic rings. The Hall–Kier alpha value is -1.11. The maximum atomic E-state index is 5.85. The normalized spacial score (nSPS) is 10.4. The highest BCUT2D eigenvalue weighted by Crippen LogP contribution is 2.22. The topological polar surface area (TPSA) is 62.7 Å². The fourth-order valence-electron chi connectivity index (χ4n) is 1.28. The molecule has 0 spiro atoms. The van der Waals surface area contributed by atoms with Crippen molar-refractivity contribution in [3.05, 3.63) is 26.6 Å². The first kappa shape index (κ1) is 13.3. The van der Waals surface area contributed by atoms with E-state index in [1.165, 1.54) is 11.3 Å². The zero-order chi connectivity index (χ0) is 13.0. The predicted octanol–water partition coefficient (Wildman–Crippen LogP) is 3.28. The third-order valence-corrected chi connectivity index (χ3v) is 3.39. The van der Waals surface area contributed by atoms with Gasteiger partial charge >= 0.3 is 0 Å². The quantitative estimate of drug-likeness (QED) is 0.887. The van der Waals surface area contributed by atoms with Gasteiger partial charge in [-0.15, -0.1) is 11.3 Å². The molecule has 0 aromatic carbocycles. The number of hydrogen-bond acceptors (Lipinski definition) is 6. The van der Waals surface area contributed by atoms with E-state index >= 15 is 0 Å². The minimum atomic E-state index is 0.160. The van der Waals surface area contributed by atoms with Crippen molar-refractivity contribution in [3.63, 3.8) is 0 Å². The molecule has 8 heteroatoms. The smallest absolute Gasteiger partial charge is 0.229 e. The molecule has 2 heterocycles. The first-order valence-electron chi connectivity index (χ1n) is 5.31. The molecule has 2 aromatic heterocycles. The molecule has 18 heavy (non-hydrogen) atoms. The van der Waals surface area contributed by atoms with Gasteiger partial charge in [-0.2, -0.15) is 15.0 Å². The molecule has 0 saturated heterocycles. The summed E-state index contributed by atoms with van der Waals surface area (Å²) in [6, 6.07) is 3.81. The van der Waals surface area contributed by atoms with Crippen LogP contribution < -0.4 is 10.6 Å². The van der Waals surface area contributed by atoms with Crippen LogP contribution in [0.2, 0.25) is 9.62 Å². The summed E-state index contributed by atoms with van der Waals surface area (Å²) in [4.78, 5) is 13.2. The second-order valence-electron chi connectivity index (χ2n) is 3.34. The summed E-state index contributed by atoms with van der Waals surface area (Å²) in [6.45, 7) is 3.28. The van der Waals surface area contributed by atoms with Gasteiger partial charge in [0.15, 0.2) is 0 Å². The number of thiophene rings is 1. The fraction of sp³-hybridized carbons (Fsp3) is 0.300. The maximum absolute atomic E-state index is 5.85. The Labute approximate surface area is 119 Å². The van der Waals surface area contributed by atoms with Crippen molar-refractivity contribution in [2.45, 2.75) is 13.5 Å². The summed E-state index contributed by atoms with van der Waals surface area (Å²) < 4.78 is 0.758. The van der Waals surface area contributed by atoms with Crippen LogP contribution in [0.25, 0.3) is 0 Å². The molecule has 0 bridgehead atoms. The number of rotatable bonds is 5. The number of aromatic nitrogens is 3. The Morgan fingerprint density at radius 2 is 1.83 bits per heavy atom. The maximum Gasteiger partial charge on any atom is 0.229 e. The molecule has 5 nitrogen and oxygen atoms in total. The van der Waals surface area contributed by atoms with Gasteiger partial charge in [0, 0.05) is 11.4 Å². The average Bonchev–Trinajstić information content (AvgIpc) is 2.72. The Bertz CT molecular complexity index is 531. The second kappa shape index (κ2) is 6.17. The SMILES string of the molecule is CCNc1nc(Cl)nc(NCc2ccc(Cl)s2)n1. The van der Waals surface area contributed by atoms with Crippen molar-refractivity contribution in [2.75, 3.05) is 17.2 Å². The highest BCUT2D eigenvalue weighted by atomic mass is 35.5. The zero-order valence-corrected chi connectivity index (χ0v) is 11.9. The van der Waals surface area contributed by atoms with Crippen LogP contribution in [-0.2, 0) is 6.54 Å². The van der Waals surface area contributed by atoms with Crippen molar-refractivity contribution < 1.29 is 0 Å². The van der Waals surface area contributed by atoms with E-state index in [1.807, 2.05) is 19.1 Å². The number of hydrogen-bond donors (Lipinski definition) is 2. The predicted molar refractivity (Wildman–Crippen MR) is 75.7 cm³/mol. The first-order valence-corrected chi connectivity index (χ1v) is 6.88. The third kappa shape index (κ3) is 3.69. The van der Waals surface area contributed by atoms with Gasteiger partial charge in [-0.3, -0.25) is 0 Å². The Morgan fingerprint density at radius 3 is 2.44 bits per heavy atom. The lowest BCUT2D eigenvalue weighted by molar-refractivity contribution is 0.993. The van der Waals surface area contributed by atoms with Crippen LogP contribution in [0.1, 0.15) is 11.8 Å². The van der Waals surface area contributed by atoms with Gasteiger partial charge in [0.25, 0.3) is 0 Å². The van der Waals surface area contributed by atoms with Crippen molar-refractivity contribution in [2.24, 2.45) is 0 Å². The molecule has 0 aliphatic rings. The van der Waals surface area contributed by atoms with E-state index in [0.717, 1.165) is 15.8 Å². The fourth-order valence-corrected chi connectivity index (χ4v) is 2.47. The lowest BCUT2D eigenvalue weighted by Crippen LogP contribution is -2.08. The molecule has 0 fully saturated rings. The summed E-state index contributed by atoms with van der Waals surface area (Å²) in [6.07, 6.45) is 0. The molecule has 0 radical (unpaired) electrons. The molecule has 0 unspecified atom stereocenters. The molecule has 96 valence electrons. The Morgan fingerprint density at radius 1 is 1.11 bits per heavy atom. The average molecular weight is 304 g/mol. The summed E-state index contributed by atoms with van der Waals surface area (Å²) >= 11 is 13.2. The van der Waals surface area contributed by atoms with Crippen LogP contribution in [0.5, 0.6) is 0 Å². The van der Waals surface area contributed by atoms with E-state index in [1.54, 1.807) is 0 Å². The molecule has 0 aliphatic carbocycles. The Kier molecular flexibility index (Phi) is 4.57. The lowest BCUT2D eigenvalue weighted by atomic mass is 10.5. The molecule has 0 amide bonds. The van der Waals surface area contributed by atoms with Gasteiger partial charge in [-0.05, 0) is 30.7 Å². The number of nitrogens with zero attached hydrogens (tertiary/aromatic N) is 3. The van der Waals surface area contributed by atoms with Gasteiger partial charge in [0.1, 0.15) is 0 Å². The van der Waals surface area contributed by atoms with Gasteiger partial charge < -0.3 is 10.6 Å². The number of halogens is 2. The zero-order valence-electron chi connectivity index (χ0n) is 9.57. The molecule has 0 aliphatic heterocycles. The minimum Gasteiger partial charge on any atom is -0.354 e. The number of anilines is 2. The standard InChI is InChI=1S/C10H11Cl2N5S/c1-2-13-9-15-8(12)16-10(17-9)14-5-6-3-4-7(11)18-6/h3-4H,2,5H2,1H3,(H2,13,14,15,16,17). The van der Waals surface area contributed by atoms with Gasteiger partial charge in [0.2, 0.25) is 17.2 Å². The van der Waals surface area contributed by atoms with E-state index < -0.39 is 0 Å². The van der Waals surface area contributed by atoms with E-state index in [9.17, 15) is 0 Å². The van der Waals surface area contributed by atoms with Crippen molar-refractivity contribution >= 4 is 46.4 Å². The molecule has 2 N–H and O–H groups in total. The summed E-state index contributed by atoms with van der Waals surface area (Å²) in [7, 11) is 0. The Balaban J connectivity index is 2.04. The lowest BCUT2D eigenvalue weighted by Gasteiger charge is -2.06. The van der Waals surface area contributed by atoms with Crippen molar-refractivity contribution in [3.8, 4) is 0 Å². The molecular formula is C10H11Cl2N5S.